The van der Waals surface area contributed by atoms with E-state index in [2.05, 4.69) is 6.58 Å². The van der Waals surface area contributed by atoms with Crippen LogP contribution < -0.4 is 5.73 Å². The molecule has 2 N–H and O–H groups in total. The summed E-state index contributed by atoms with van der Waals surface area (Å²) in [6.07, 6.45) is 11.4. The van der Waals surface area contributed by atoms with Gasteiger partial charge in [0.05, 0.1) is 0 Å². The molecule has 0 amide bonds. The molecule has 2 bridgehead atoms. The first-order valence-electron chi connectivity index (χ1n) is 6.17. The van der Waals surface area contributed by atoms with Crippen LogP contribution in [-0.2, 0) is 0 Å². The number of fused-ring (bicyclic) bond motifs is 2. The van der Waals surface area contributed by atoms with Crippen molar-refractivity contribution in [3.8, 4) is 0 Å². The van der Waals surface area contributed by atoms with E-state index in [1.165, 1.54) is 38.5 Å². The van der Waals surface area contributed by atoms with Crippen molar-refractivity contribution in [2.45, 2.75) is 51.0 Å². The van der Waals surface area contributed by atoms with Crippen LogP contribution in [0.3, 0.4) is 0 Å². The van der Waals surface area contributed by atoms with Crippen molar-refractivity contribution in [2.24, 2.45) is 23.5 Å². The summed E-state index contributed by atoms with van der Waals surface area (Å²) >= 11 is 0. The lowest BCUT2D eigenvalue weighted by Gasteiger charge is -2.27. The van der Waals surface area contributed by atoms with Gasteiger partial charge >= 0.3 is 0 Å². The van der Waals surface area contributed by atoms with E-state index in [1.807, 2.05) is 6.08 Å². The van der Waals surface area contributed by atoms with Gasteiger partial charge in [-0.2, -0.15) is 0 Å². The van der Waals surface area contributed by atoms with Crippen molar-refractivity contribution < 1.29 is 0 Å². The van der Waals surface area contributed by atoms with Gasteiger partial charge in [-0.1, -0.05) is 12.5 Å². The van der Waals surface area contributed by atoms with Crippen LogP contribution >= 0.6 is 0 Å². The van der Waals surface area contributed by atoms with Gasteiger partial charge in [-0.3, -0.25) is 0 Å². The van der Waals surface area contributed by atoms with Gasteiger partial charge < -0.3 is 5.73 Å². The lowest BCUT2D eigenvalue weighted by Crippen LogP contribution is -2.33. The van der Waals surface area contributed by atoms with E-state index in [-0.39, 0.29) is 0 Å². The number of nitrogens with two attached hydrogens (primary N) is 1. The van der Waals surface area contributed by atoms with Crippen molar-refractivity contribution >= 4 is 0 Å². The monoisotopic (exact) mass is 193 g/mol. The Morgan fingerprint density at radius 3 is 2.79 bits per heavy atom. The third kappa shape index (κ3) is 2.03. The second-order valence-electron chi connectivity index (χ2n) is 5.22. The van der Waals surface area contributed by atoms with Gasteiger partial charge in [-0.25, -0.2) is 0 Å². The molecule has 1 nitrogen and oxygen atoms in total. The van der Waals surface area contributed by atoms with Crippen molar-refractivity contribution in [1.82, 2.24) is 0 Å². The maximum absolute atomic E-state index is 6.27. The largest absolute Gasteiger partial charge is 0.327 e. The number of allylic oxidation sites excluding steroid dienone is 1. The van der Waals surface area contributed by atoms with Crippen molar-refractivity contribution in [1.29, 1.82) is 0 Å². The predicted octanol–water partition coefficient (Wildman–Crippen LogP) is 3.11. The summed E-state index contributed by atoms with van der Waals surface area (Å²) in [5.41, 5.74) is 6.27. The highest BCUT2D eigenvalue weighted by molar-refractivity contribution is 4.94. The zero-order valence-electron chi connectivity index (χ0n) is 9.12. The van der Waals surface area contributed by atoms with Crippen LogP contribution in [0.4, 0.5) is 0 Å². The standard InChI is InChI=1S/C13H23N/c1-2-3-4-5-13(14)12-9-10-6-7-11(12)8-10/h2,10-13H,1,3-9,14H2. The molecule has 0 heterocycles. The van der Waals surface area contributed by atoms with E-state index < -0.39 is 0 Å². The third-order valence-corrected chi connectivity index (χ3v) is 4.29. The molecule has 0 spiro atoms. The highest BCUT2D eigenvalue weighted by atomic mass is 14.7. The molecular formula is C13H23N. The van der Waals surface area contributed by atoms with E-state index in [0.29, 0.717) is 6.04 Å². The Morgan fingerprint density at radius 2 is 2.21 bits per heavy atom. The molecule has 80 valence electrons. The molecule has 2 fully saturated rings. The van der Waals surface area contributed by atoms with Crippen LogP contribution in [0.1, 0.15) is 44.9 Å². The van der Waals surface area contributed by atoms with Crippen LogP contribution in [-0.4, -0.2) is 6.04 Å². The van der Waals surface area contributed by atoms with Crippen LogP contribution in [0.15, 0.2) is 12.7 Å². The summed E-state index contributed by atoms with van der Waals surface area (Å²) in [7, 11) is 0. The van der Waals surface area contributed by atoms with Gasteiger partial charge in [0.15, 0.2) is 0 Å². The van der Waals surface area contributed by atoms with Gasteiger partial charge in [0.1, 0.15) is 0 Å². The molecule has 2 rings (SSSR count). The molecule has 0 aromatic heterocycles. The maximum Gasteiger partial charge on any atom is 0.00700 e. The zero-order chi connectivity index (χ0) is 9.97. The van der Waals surface area contributed by atoms with Crippen LogP contribution in [0.5, 0.6) is 0 Å². The Balaban J connectivity index is 1.75. The first-order valence-corrected chi connectivity index (χ1v) is 6.17. The fraction of sp³-hybridized carbons (Fsp3) is 0.846. The first-order chi connectivity index (χ1) is 6.81. The topological polar surface area (TPSA) is 26.0 Å². The van der Waals surface area contributed by atoms with Gasteiger partial charge in [0.25, 0.3) is 0 Å². The average Bonchev–Trinajstić information content (AvgIpc) is 2.79. The highest BCUT2D eigenvalue weighted by Crippen LogP contribution is 2.49. The predicted molar refractivity (Wildman–Crippen MR) is 61.0 cm³/mol. The van der Waals surface area contributed by atoms with E-state index in [0.717, 1.165) is 24.2 Å². The molecular weight excluding hydrogens is 170 g/mol. The Hall–Kier alpha value is -0.300. The highest BCUT2D eigenvalue weighted by Gasteiger charge is 2.41. The molecule has 2 aliphatic carbocycles. The average molecular weight is 193 g/mol. The molecule has 4 atom stereocenters. The smallest absolute Gasteiger partial charge is 0.00700 e. The minimum atomic E-state index is 0.477. The normalized spacial score (nSPS) is 37.4. The molecule has 4 unspecified atom stereocenters. The molecule has 2 aliphatic rings. The summed E-state index contributed by atoms with van der Waals surface area (Å²) in [4.78, 5) is 0. The lowest BCUT2D eigenvalue weighted by molar-refractivity contribution is 0.270. The van der Waals surface area contributed by atoms with E-state index in [4.69, 9.17) is 5.73 Å². The van der Waals surface area contributed by atoms with E-state index >= 15 is 0 Å². The van der Waals surface area contributed by atoms with Crippen molar-refractivity contribution in [3.63, 3.8) is 0 Å². The lowest BCUT2D eigenvalue weighted by atomic mass is 9.82. The molecule has 0 saturated heterocycles. The van der Waals surface area contributed by atoms with E-state index in [9.17, 15) is 0 Å². The van der Waals surface area contributed by atoms with E-state index in [1.54, 1.807) is 0 Å². The van der Waals surface area contributed by atoms with Crippen LogP contribution in [0, 0.1) is 17.8 Å². The fourth-order valence-electron chi connectivity index (χ4n) is 3.53. The van der Waals surface area contributed by atoms with Crippen LogP contribution in [0.25, 0.3) is 0 Å². The first kappa shape index (κ1) is 10.2. The zero-order valence-corrected chi connectivity index (χ0v) is 9.12. The van der Waals surface area contributed by atoms with Gasteiger partial charge in [-0.15, -0.1) is 6.58 Å². The Labute approximate surface area is 87.8 Å². The number of rotatable bonds is 5. The molecule has 0 radical (unpaired) electrons. The molecule has 1 heteroatoms. The maximum atomic E-state index is 6.27. The Kier molecular flexibility index (Phi) is 3.27. The Morgan fingerprint density at radius 1 is 1.36 bits per heavy atom. The molecule has 0 aliphatic heterocycles. The summed E-state index contributed by atoms with van der Waals surface area (Å²) in [5.74, 6) is 2.88. The summed E-state index contributed by atoms with van der Waals surface area (Å²) in [5, 5.41) is 0. The molecule has 0 aromatic carbocycles. The number of hydrogen-bond acceptors (Lipinski definition) is 1. The minimum absolute atomic E-state index is 0.477. The quantitative estimate of drug-likeness (QED) is 0.527. The SMILES string of the molecule is C=CCCCC(N)C1CC2CCC1C2. The van der Waals surface area contributed by atoms with Gasteiger partial charge in [0.2, 0.25) is 0 Å². The van der Waals surface area contributed by atoms with Crippen molar-refractivity contribution in [3.05, 3.63) is 12.7 Å². The second-order valence-corrected chi connectivity index (χ2v) is 5.22. The summed E-state index contributed by atoms with van der Waals surface area (Å²) in [6, 6.07) is 0.477. The number of unbranched alkanes of at least 4 members (excludes halogenated alkanes) is 1. The summed E-state index contributed by atoms with van der Waals surface area (Å²) < 4.78 is 0. The van der Waals surface area contributed by atoms with Gasteiger partial charge in [-0.05, 0) is 56.3 Å². The fourth-order valence-corrected chi connectivity index (χ4v) is 3.53. The summed E-state index contributed by atoms with van der Waals surface area (Å²) in [6.45, 7) is 3.75. The number of hydrogen-bond donors (Lipinski definition) is 1. The Bertz CT molecular complexity index is 199. The third-order valence-electron chi connectivity index (χ3n) is 4.29. The van der Waals surface area contributed by atoms with Gasteiger partial charge in [0, 0.05) is 6.04 Å². The molecule has 0 aromatic rings. The second kappa shape index (κ2) is 4.48. The molecule has 2 saturated carbocycles. The van der Waals surface area contributed by atoms with Crippen LogP contribution in [0.2, 0.25) is 0 Å². The van der Waals surface area contributed by atoms with Crippen molar-refractivity contribution in [2.75, 3.05) is 0 Å². The molecule has 14 heavy (non-hydrogen) atoms. The minimum Gasteiger partial charge on any atom is -0.327 e.